The molecule has 1 aromatic heterocycles. The minimum Gasteiger partial charge on any atom is -0.464 e. The largest absolute Gasteiger partial charge is 0.464 e. The van der Waals surface area contributed by atoms with Gasteiger partial charge < -0.3 is 14.8 Å². The summed E-state index contributed by atoms with van der Waals surface area (Å²) in [4.78, 5) is 11.9. The van der Waals surface area contributed by atoms with Crippen molar-refractivity contribution < 1.29 is 18.7 Å². The van der Waals surface area contributed by atoms with Gasteiger partial charge in [-0.05, 0) is 35.4 Å². The molecule has 3 aromatic rings. The molecule has 0 spiro atoms. The minimum absolute atomic E-state index is 0.111. The molecule has 2 aromatic carbocycles. The SMILES string of the molecule is O=C(Cc1ccc(F)cc1)NC[C@H](O)c1ccc(-c2ccco2)cc1. The zero-order valence-electron chi connectivity index (χ0n) is 13.5. The van der Waals surface area contributed by atoms with Gasteiger partial charge in [0.05, 0.1) is 18.8 Å². The number of carbonyl (C=O) groups is 1. The third kappa shape index (κ3) is 4.55. The van der Waals surface area contributed by atoms with Gasteiger partial charge >= 0.3 is 0 Å². The molecule has 4 nitrogen and oxygen atoms in total. The average Bonchev–Trinajstić information content (AvgIpc) is 3.16. The van der Waals surface area contributed by atoms with Crippen LogP contribution in [0.2, 0.25) is 0 Å². The first kappa shape index (κ1) is 16.9. The standard InChI is InChI=1S/C20H18FNO3/c21-17-9-3-14(4-10-17)12-20(24)22-13-18(23)15-5-7-16(8-6-15)19-2-1-11-25-19/h1-11,18,23H,12-13H2,(H,22,24)/t18-/m0/s1. The number of amides is 1. The molecule has 0 aliphatic rings. The Labute approximate surface area is 144 Å². The Morgan fingerprint density at radius 2 is 1.80 bits per heavy atom. The van der Waals surface area contributed by atoms with E-state index in [1.165, 1.54) is 12.1 Å². The van der Waals surface area contributed by atoms with Crippen molar-refractivity contribution in [1.29, 1.82) is 0 Å². The topological polar surface area (TPSA) is 62.5 Å². The van der Waals surface area contributed by atoms with Gasteiger partial charge in [-0.15, -0.1) is 0 Å². The quantitative estimate of drug-likeness (QED) is 0.723. The lowest BCUT2D eigenvalue weighted by atomic mass is 10.1. The molecule has 2 N–H and O–H groups in total. The van der Waals surface area contributed by atoms with Crippen LogP contribution < -0.4 is 5.32 Å². The van der Waals surface area contributed by atoms with Gasteiger partial charge in [-0.2, -0.15) is 0 Å². The lowest BCUT2D eigenvalue weighted by molar-refractivity contribution is -0.120. The van der Waals surface area contributed by atoms with E-state index in [2.05, 4.69) is 5.32 Å². The van der Waals surface area contributed by atoms with Crippen molar-refractivity contribution in [3.8, 4) is 11.3 Å². The summed E-state index contributed by atoms with van der Waals surface area (Å²) in [6.45, 7) is 0.111. The Morgan fingerprint density at radius 3 is 2.44 bits per heavy atom. The highest BCUT2D eigenvalue weighted by molar-refractivity contribution is 5.78. The van der Waals surface area contributed by atoms with E-state index in [9.17, 15) is 14.3 Å². The summed E-state index contributed by atoms with van der Waals surface area (Å²) in [5.41, 5.74) is 2.34. The zero-order valence-corrected chi connectivity index (χ0v) is 13.5. The van der Waals surface area contributed by atoms with Gasteiger partial charge in [0.1, 0.15) is 11.6 Å². The van der Waals surface area contributed by atoms with Crippen molar-refractivity contribution in [3.05, 3.63) is 83.9 Å². The number of carbonyl (C=O) groups excluding carboxylic acids is 1. The first-order chi connectivity index (χ1) is 12.1. The number of rotatable bonds is 6. The van der Waals surface area contributed by atoms with Crippen LogP contribution in [0.1, 0.15) is 17.2 Å². The van der Waals surface area contributed by atoms with Gasteiger partial charge in [0.2, 0.25) is 5.91 Å². The summed E-state index contributed by atoms with van der Waals surface area (Å²) in [5.74, 6) is 0.198. The van der Waals surface area contributed by atoms with Gasteiger partial charge in [0.25, 0.3) is 0 Å². The van der Waals surface area contributed by atoms with Gasteiger partial charge in [-0.25, -0.2) is 4.39 Å². The fourth-order valence-corrected chi connectivity index (χ4v) is 2.49. The summed E-state index contributed by atoms with van der Waals surface area (Å²) in [6.07, 6.45) is 0.946. The van der Waals surface area contributed by atoms with E-state index in [1.54, 1.807) is 30.5 Å². The first-order valence-electron chi connectivity index (χ1n) is 7.95. The maximum atomic E-state index is 12.8. The van der Waals surface area contributed by atoms with Crippen molar-refractivity contribution in [2.75, 3.05) is 6.54 Å². The summed E-state index contributed by atoms with van der Waals surface area (Å²) in [5, 5.41) is 12.9. The van der Waals surface area contributed by atoms with Crippen LogP contribution in [0.5, 0.6) is 0 Å². The van der Waals surface area contributed by atoms with Crippen molar-refractivity contribution in [2.45, 2.75) is 12.5 Å². The van der Waals surface area contributed by atoms with E-state index in [0.717, 1.165) is 16.9 Å². The van der Waals surface area contributed by atoms with E-state index >= 15 is 0 Å². The van der Waals surface area contributed by atoms with Crippen molar-refractivity contribution in [3.63, 3.8) is 0 Å². The van der Waals surface area contributed by atoms with Gasteiger partial charge in [0, 0.05) is 12.1 Å². The van der Waals surface area contributed by atoms with E-state index in [-0.39, 0.29) is 24.7 Å². The first-order valence-corrected chi connectivity index (χ1v) is 7.95. The minimum atomic E-state index is -0.803. The fourth-order valence-electron chi connectivity index (χ4n) is 2.49. The third-order valence-corrected chi connectivity index (χ3v) is 3.87. The van der Waals surface area contributed by atoms with E-state index in [0.29, 0.717) is 5.56 Å². The summed E-state index contributed by atoms with van der Waals surface area (Å²) < 4.78 is 18.2. The second-order valence-corrected chi connectivity index (χ2v) is 5.72. The van der Waals surface area contributed by atoms with Gasteiger partial charge in [-0.3, -0.25) is 4.79 Å². The zero-order chi connectivity index (χ0) is 17.6. The molecular formula is C20H18FNO3. The van der Waals surface area contributed by atoms with E-state index < -0.39 is 6.10 Å². The summed E-state index contributed by atoms with van der Waals surface area (Å²) in [6, 6.07) is 16.8. The molecule has 1 atom stereocenters. The van der Waals surface area contributed by atoms with Crippen molar-refractivity contribution >= 4 is 5.91 Å². The Morgan fingerprint density at radius 1 is 1.08 bits per heavy atom. The number of furan rings is 1. The van der Waals surface area contributed by atoms with Crippen molar-refractivity contribution in [2.24, 2.45) is 0 Å². The average molecular weight is 339 g/mol. The van der Waals surface area contributed by atoms with Crippen LogP contribution in [0.25, 0.3) is 11.3 Å². The maximum absolute atomic E-state index is 12.8. The number of hydrogen-bond acceptors (Lipinski definition) is 3. The second-order valence-electron chi connectivity index (χ2n) is 5.72. The molecule has 3 rings (SSSR count). The summed E-state index contributed by atoms with van der Waals surface area (Å²) >= 11 is 0. The molecule has 0 fully saturated rings. The van der Waals surface area contributed by atoms with E-state index in [1.807, 2.05) is 24.3 Å². The highest BCUT2D eigenvalue weighted by Crippen LogP contribution is 2.22. The molecular weight excluding hydrogens is 321 g/mol. The molecule has 128 valence electrons. The predicted octanol–water partition coefficient (Wildman–Crippen LogP) is 3.48. The molecule has 0 radical (unpaired) electrons. The smallest absolute Gasteiger partial charge is 0.224 e. The molecule has 0 unspecified atom stereocenters. The highest BCUT2D eigenvalue weighted by Gasteiger charge is 2.11. The lowest BCUT2D eigenvalue weighted by Crippen LogP contribution is -2.29. The van der Waals surface area contributed by atoms with E-state index in [4.69, 9.17) is 4.42 Å². The Bertz CT molecular complexity index is 811. The number of hydrogen-bond donors (Lipinski definition) is 2. The molecule has 1 amide bonds. The lowest BCUT2D eigenvalue weighted by Gasteiger charge is -2.13. The van der Waals surface area contributed by atoms with Crippen LogP contribution in [-0.4, -0.2) is 17.6 Å². The number of nitrogens with one attached hydrogen (secondary N) is 1. The van der Waals surface area contributed by atoms with Crippen LogP contribution in [0.3, 0.4) is 0 Å². The Kier molecular flexibility index (Phi) is 5.26. The molecule has 0 aliphatic heterocycles. The molecule has 1 heterocycles. The predicted molar refractivity (Wildman–Crippen MR) is 92.2 cm³/mol. The molecule has 0 aliphatic carbocycles. The number of benzene rings is 2. The molecule has 25 heavy (non-hydrogen) atoms. The van der Waals surface area contributed by atoms with Crippen LogP contribution in [0.15, 0.2) is 71.3 Å². The van der Waals surface area contributed by atoms with Gasteiger partial charge in [0.15, 0.2) is 0 Å². The molecule has 0 bridgehead atoms. The maximum Gasteiger partial charge on any atom is 0.224 e. The summed E-state index contributed by atoms with van der Waals surface area (Å²) in [7, 11) is 0. The molecule has 0 saturated carbocycles. The second kappa shape index (κ2) is 7.77. The van der Waals surface area contributed by atoms with Crippen LogP contribution in [-0.2, 0) is 11.2 Å². The highest BCUT2D eigenvalue weighted by atomic mass is 19.1. The molecule has 5 heteroatoms. The monoisotopic (exact) mass is 339 g/mol. The third-order valence-electron chi connectivity index (χ3n) is 3.87. The fraction of sp³-hybridized carbons (Fsp3) is 0.150. The number of aliphatic hydroxyl groups is 1. The number of halogens is 1. The molecule has 0 saturated heterocycles. The van der Waals surface area contributed by atoms with Crippen molar-refractivity contribution in [1.82, 2.24) is 5.32 Å². The Balaban J connectivity index is 1.52. The van der Waals surface area contributed by atoms with Gasteiger partial charge in [-0.1, -0.05) is 36.4 Å². The van der Waals surface area contributed by atoms with Crippen LogP contribution >= 0.6 is 0 Å². The normalized spacial score (nSPS) is 11.9. The Hall–Kier alpha value is -2.92. The van der Waals surface area contributed by atoms with Crippen LogP contribution in [0.4, 0.5) is 4.39 Å². The van der Waals surface area contributed by atoms with Crippen LogP contribution in [0, 0.1) is 5.82 Å². The number of aliphatic hydroxyl groups excluding tert-OH is 1.